The lowest BCUT2D eigenvalue weighted by Gasteiger charge is -2.23. The number of halogens is 6. The van der Waals surface area contributed by atoms with Gasteiger partial charge in [0, 0.05) is 6.42 Å². The Kier molecular flexibility index (Phi) is 4.68. The second-order valence-electron chi connectivity index (χ2n) is 3.86. The van der Waals surface area contributed by atoms with E-state index >= 15 is 0 Å². The van der Waals surface area contributed by atoms with Crippen LogP contribution in [0.25, 0.3) is 0 Å². The summed E-state index contributed by atoms with van der Waals surface area (Å²) in [6.07, 6.45) is -5.94. The van der Waals surface area contributed by atoms with Crippen molar-refractivity contribution in [3.05, 3.63) is 0 Å². The molecule has 104 valence electrons. The van der Waals surface area contributed by atoms with Crippen molar-refractivity contribution in [3.8, 4) is 0 Å². The fourth-order valence-corrected chi connectivity index (χ4v) is 4.80. The van der Waals surface area contributed by atoms with Crippen molar-refractivity contribution in [1.82, 2.24) is 0 Å². The maximum atomic E-state index is 11.9. The summed E-state index contributed by atoms with van der Waals surface area (Å²) in [6, 6.07) is -0.758. The second-order valence-corrected chi connectivity index (χ2v) is 9.92. The van der Waals surface area contributed by atoms with Gasteiger partial charge in [-0.1, -0.05) is 0 Å². The molecule has 0 bridgehead atoms. The smallest absolute Gasteiger partial charge is 0.308 e. The van der Waals surface area contributed by atoms with Crippen LogP contribution in [0, 0.1) is 0 Å². The van der Waals surface area contributed by atoms with Crippen molar-refractivity contribution in [2.45, 2.75) is 37.2 Å². The van der Waals surface area contributed by atoms with Gasteiger partial charge in [-0.15, -0.1) is 0 Å². The highest BCUT2D eigenvalue weighted by molar-refractivity contribution is 7.88. The van der Waals surface area contributed by atoms with Crippen molar-refractivity contribution in [1.29, 1.82) is 0 Å². The molecule has 3 nitrogen and oxygen atoms in total. The topological polar surface area (TPSA) is 43.4 Å². The van der Waals surface area contributed by atoms with Crippen LogP contribution in [-0.4, -0.2) is 28.4 Å². The lowest BCUT2D eigenvalue weighted by molar-refractivity contribution is -0.131. The lowest BCUT2D eigenvalue weighted by Crippen LogP contribution is -2.39. The molecule has 0 atom stereocenters. The average molecular weight is 304 g/mol. The minimum absolute atomic E-state index is 0.758. The molecule has 0 aromatic heterocycles. The summed E-state index contributed by atoms with van der Waals surface area (Å²) in [4.78, 5) is 0. The van der Waals surface area contributed by atoms with Crippen LogP contribution < -0.4 is 0 Å². The number of hydrogen-bond donors (Lipinski definition) is 0. The van der Waals surface area contributed by atoms with Gasteiger partial charge in [-0.05, 0) is 19.1 Å². The van der Waals surface area contributed by atoms with E-state index in [1.807, 2.05) is 0 Å². The molecule has 0 N–H and O–H groups in total. The number of rotatable bonds is 4. The third-order valence-electron chi connectivity index (χ3n) is 1.63. The molecule has 0 amide bonds. The molecule has 0 rings (SSSR count). The zero-order valence-electron chi connectivity index (χ0n) is 8.81. The van der Waals surface area contributed by atoms with E-state index in [1.165, 1.54) is 0 Å². The minimum Gasteiger partial charge on any atom is -0.308 e. The van der Waals surface area contributed by atoms with Crippen LogP contribution in [0.1, 0.15) is 6.42 Å². The molecule has 0 aliphatic rings. The van der Waals surface area contributed by atoms with Crippen molar-refractivity contribution in [2.75, 3.05) is 0 Å². The van der Waals surface area contributed by atoms with Crippen LogP contribution in [0.5, 0.6) is 0 Å². The fourth-order valence-electron chi connectivity index (χ4n) is 0.829. The molecule has 0 saturated carbocycles. The molecule has 0 aliphatic heterocycles. The van der Waals surface area contributed by atoms with E-state index in [0.29, 0.717) is 0 Å². The van der Waals surface area contributed by atoms with Gasteiger partial charge in [-0.2, -0.15) is 34.8 Å². The monoisotopic (exact) mass is 304 g/mol. The van der Waals surface area contributed by atoms with Crippen molar-refractivity contribution in [2.24, 2.45) is 0 Å². The predicted octanol–water partition coefficient (Wildman–Crippen LogP) is 3.01. The van der Waals surface area contributed by atoms with Gasteiger partial charge in [-0.25, -0.2) is 0 Å². The van der Waals surface area contributed by atoms with Gasteiger partial charge in [0.25, 0.3) is 0 Å². The molecule has 11 heteroatoms. The fraction of sp³-hybridized carbons (Fsp3) is 1.00. The highest BCUT2D eigenvalue weighted by Crippen LogP contribution is 2.31. The SMILES string of the molecule is C[Si](C)(CCC(F)(F)F)OS(=O)(=O)C(F)(F)F. The van der Waals surface area contributed by atoms with Crippen LogP contribution in [0.2, 0.25) is 19.1 Å². The maximum Gasteiger partial charge on any atom is 0.522 e. The zero-order valence-corrected chi connectivity index (χ0v) is 10.6. The minimum atomic E-state index is -5.83. The van der Waals surface area contributed by atoms with Gasteiger partial charge in [0.15, 0.2) is 0 Å². The summed E-state index contributed by atoms with van der Waals surface area (Å²) in [5.41, 5.74) is -5.62. The first kappa shape index (κ1) is 16.7. The van der Waals surface area contributed by atoms with E-state index in [4.69, 9.17) is 0 Å². The van der Waals surface area contributed by atoms with Gasteiger partial charge >= 0.3 is 21.8 Å². The molecule has 0 aromatic rings. The van der Waals surface area contributed by atoms with Crippen LogP contribution in [0.15, 0.2) is 0 Å². The molecule has 0 unspecified atom stereocenters. The maximum absolute atomic E-state index is 11.9. The Labute approximate surface area is 95.0 Å². The number of hydrogen-bond acceptors (Lipinski definition) is 3. The highest BCUT2D eigenvalue weighted by atomic mass is 32.2. The predicted molar refractivity (Wildman–Crippen MR) is 49.0 cm³/mol. The molecule has 0 heterocycles. The van der Waals surface area contributed by atoms with E-state index in [2.05, 4.69) is 3.87 Å². The standard InChI is InChI=1S/C6H10F6O3SSi/c1-17(2,4-3-5(7,8)9)15-16(13,14)6(10,11)12/h3-4H2,1-2H3. The Morgan fingerprint density at radius 1 is 1.06 bits per heavy atom. The van der Waals surface area contributed by atoms with Gasteiger partial charge in [0.2, 0.25) is 8.32 Å². The third kappa shape index (κ3) is 6.26. The largest absolute Gasteiger partial charge is 0.522 e. The lowest BCUT2D eigenvalue weighted by atomic mass is 10.5. The molecule has 0 aliphatic carbocycles. The van der Waals surface area contributed by atoms with Gasteiger partial charge in [0.1, 0.15) is 0 Å². The first-order chi connectivity index (χ1) is 7.16. The molecule has 0 aromatic carbocycles. The van der Waals surface area contributed by atoms with Crippen LogP contribution in [-0.2, 0) is 14.0 Å². The summed E-state index contributed by atoms with van der Waals surface area (Å²) in [5.74, 6) is 0. The van der Waals surface area contributed by atoms with Crippen LogP contribution in [0.4, 0.5) is 26.3 Å². The first-order valence-electron chi connectivity index (χ1n) is 4.25. The van der Waals surface area contributed by atoms with Gasteiger partial charge in [-0.3, -0.25) is 0 Å². The summed E-state index contributed by atoms with van der Waals surface area (Å²) >= 11 is 0. The Balaban J connectivity index is 4.67. The third-order valence-corrected chi connectivity index (χ3v) is 6.33. The average Bonchev–Trinajstić information content (AvgIpc) is 1.95. The molecular formula is C6H10F6O3SSi. The molecule has 0 fully saturated rings. The molecular weight excluding hydrogens is 294 g/mol. The van der Waals surface area contributed by atoms with E-state index in [9.17, 15) is 34.8 Å². The summed E-state index contributed by atoms with van der Waals surface area (Å²) in [6.45, 7) is 1.95. The number of alkyl halides is 6. The summed E-state index contributed by atoms with van der Waals surface area (Å²) < 4.78 is 96.4. The van der Waals surface area contributed by atoms with E-state index in [1.54, 1.807) is 0 Å². The molecule has 0 radical (unpaired) electrons. The molecule has 0 spiro atoms. The Hall–Kier alpha value is -0.293. The second kappa shape index (κ2) is 4.76. The van der Waals surface area contributed by atoms with E-state index in [0.717, 1.165) is 13.1 Å². The van der Waals surface area contributed by atoms with Crippen LogP contribution in [0.3, 0.4) is 0 Å². The zero-order chi connectivity index (χ0) is 14.1. The van der Waals surface area contributed by atoms with Gasteiger partial charge < -0.3 is 3.87 Å². The normalized spacial score (nSPS) is 15.1. The van der Waals surface area contributed by atoms with Gasteiger partial charge in [0.05, 0.1) is 0 Å². The summed E-state index contributed by atoms with van der Waals surface area (Å²) in [5, 5.41) is 0. The molecule has 0 saturated heterocycles. The Bertz CT molecular complexity index is 357. The van der Waals surface area contributed by atoms with Crippen molar-refractivity contribution < 1.29 is 38.6 Å². The van der Waals surface area contributed by atoms with Crippen LogP contribution >= 0.6 is 0 Å². The quantitative estimate of drug-likeness (QED) is 0.455. The van der Waals surface area contributed by atoms with Crippen molar-refractivity contribution in [3.63, 3.8) is 0 Å². The first-order valence-corrected chi connectivity index (χ1v) is 8.77. The van der Waals surface area contributed by atoms with E-state index < -0.39 is 42.6 Å². The Morgan fingerprint density at radius 3 is 1.76 bits per heavy atom. The van der Waals surface area contributed by atoms with Crippen molar-refractivity contribution >= 4 is 18.4 Å². The van der Waals surface area contributed by atoms with E-state index in [-0.39, 0.29) is 0 Å². The molecule has 17 heavy (non-hydrogen) atoms. The Morgan fingerprint density at radius 2 is 1.47 bits per heavy atom. The summed E-state index contributed by atoms with van der Waals surface area (Å²) in [7, 11) is -9.42. The highest BCUT2D eigenvalue weighted by Gasteiger charge is 2.50.